The third-order valence-corrected chi connectivity index (χ3v) is 5.60. The largest absolute Gasteiger partial charge is 0.345 e. The number of carbonyl (C=O) groups is 2. The van der Waals surface area contributed by atoms with Crippen molar-refractivity contribution in [1.82, 2.24) is 25.0 Å². The van der Waals surface area contributed by atoms with Crippen molar-refractivity contribution in [2.24, 2.45) is 5.41 Å². The molecule has 1 aromatic rings. The maximum Gasteiger partial charge on any atom is 0.317 e. The lowest BCUT2D eigenvalue weighted by molar-refractivity contribution is -0.126. The summed E-state index contributed by atoms with van der Waals surface area (Å²) >= 11 is 1.65. The fourth-order valence-electron chi connectivity index (χ4n) is 3.83. The van der Waals surface area contributed by atoms with Gasteiger partial charge in [0.15, 0.2) is 0 Å². The first-order valence-corrected chi connectivity index (χ1v) is 9.65. The first-order chi connectivity index (χ1) is 11.9. The summed E-state index contributed by atoms with van der Waals surface area (Å²) in [5, 5.41) is 6.05. The molecule has 2 aliphatic rings. The molecule has 1 aromatic heterocycles. The zero-order chi connectivity index (χ0) is 18.0. The molecule has 1 unspecified atom stereocenters. The Morgan fingerprint density at radius 3 is 2.76 bits per heavy atom. The Balaban J connectivity index is 1.78. The van der Waals surface area contributed by atoms with Crippen LogP contribution in [-0.2, 0) is 11.3 Å². The lowest BCUT2D eigenvalue weighted by Gasteiger charge is -2.33. The zero-order valence-electron chi connectivity index (χ0n) is 15.2. The lowest BCUT2D eigenvalue weighted by atomic mass is 9.86. The van der Waals surface area contributed by atoms with E-state index in [-0.39, 0.29) is 23.4 Å². The van der Waals surface area contributed by atoms with Crippen LogP contribution in [0.3, 0.4) is 0 Å². The average Bonchev–Trinajstić information content (AvgIpc) is 3.06. The molecule has 1 atom stereocenters. The van der Waals surface area contributed by atoms with Crippen LogP contribution in [0.4, 0.5) is 4.79 Å². The number of carbonyl (C=O) groups excluding carboxylic acids is 2. The Morgan fingerprint density at radius 1 is 1.36 bits per heavy atom. The van der Waals surface area contributed by atoms with Crippen molar-refractivity contribution >= 4 is 23.3 Å². The SMILES string of the molecule is CC(C)NC(=O)N1CCN(Cc2nccs2)CC2(CC(=O)N(C)C2)C1. The Hall–Kier alpha value is -1.67. The van der Waals surface area contributed by atoms with Crippen LogP contribution in [0.25, 0.3) is 0 Å². The Bertz CT molecular complexity index is 621. The van der Waals surface area contributed by atoms with Crippen LogP contribution < -0.4 is 5.32 Å². The monoisotopic (exact) mass is 365 g/mol. The summed E-state index contributed by atoms with van der Waals surface area (Å²) in [6.45, 7) is 8.31. The van der Waals surface area contributed by atoms with Gasteiger partial charge in [0.25, 0.3) is 0 Å². The van der Waals surface area contributed by atoms with Gasteiger partial charge >= 0.3 is 6.03 Å². The third-order valence-electron chi connectivity index (χ3n) is 4.84. The number of thiazole rings is 1. The normalized spacial score (nSPS) is 25.0. The summed E-state index contributed by atoms with van der Waals surface area (Å²) in [4.78, 5) is 35.2. The highest BCUT2D eigenvalue weighted by Gasteiger charge is 2.46. The van der Waals surface area contributed by atoms with E-state index in [0.29, 0.717) is 26.1 Å². The van der Waals surface area contributed by atoms with Crippen LogP contribution in [0.2, 0.25) is 0 Å². The fourth-order valence-corrected chi connectivity index (χ4v) is 4.49. The summed E-state index contributed by atoms with van der Waals surface area (Å²) in [6, 6.07) is 0.0680. The van der Waals surface area contributed by atoms with E-state index >= 15 is 0 Å². The highest BCUT2D eigenvalue weighted by molar-refractivity contribution is 7.09. The Kier molecular flexibility index (Phi) is 5.29. The van der Waals surface area contributed by atoms with E-state index in [1.807, 2.05) is 37.4 Å². The quantitative estimate of drug-likeness (QED) is 0.875. The predicted octanol–water partition coefficient (Wildman–Crippen LogP) is 1.23. The van der Waals surface area contributed by atoms with Crippen LogP contribution in [0.15, 0.2) is 11.6 Å². The molecule has 1 spiro atoms. The molecular weight excluding hydrogens is 338 g/mol. The minimum atomic E-state index is -0.200. The number of hydrogen-bond acceptors (Lipinski definition) is 5. The van der Waals surface area contributed by atoms with E-state index < -0.39 is 0 Å². The summed E-state index contributed by atoms with van der Waals surface area (Å²) < 4.78 is 0. The van der Waals surface area contributed by atoms with Gasteiger partial charge in [-0.05, 0) is 13.8 Å². The van der Waals surface area contributed by atoms with Crippen molar-refractivity contribution in [2.75, 3.05) is 39.8 Å². The lowest BCUT2D eigenvalue weighted by Crippen LogP contribution is -2.48. The van der Waals surface area contributed by atoms with Crippen LogP contribution in [-0.4, -0.2) is 77.4 Å². The van der Waals surface area contributed by atoms with Crippen molar-refractivity contribution in [3.05, 3.63) is 16.6 Å². The molecular formula is C17H27N5O2S. The molecule has 2 fully saturated rings. The van der Waals surface area contributed by atoms with Gasteiger partial charge in [0.05, 0.1) is 6.54 Å². The van der Waals surface area contributed by atoms with Gasteiger partial charge in [-0.15, -0.1) is 11.3 Å². The van der Waals surface area contributed by atoms with Gasteiger partial charge in [0.1, 0.15) is 5.01 Å². The number of likely N-dealkylation sites (tertiary alicyclic amines) is 1. The van der Waals surface area contributed by atoms with E-state index in [9.17, 15) is 9.59 Å². The highest BCUT2D eigenvalue weighted by Crippen LogP contribution is 2.35. The standard InChI is InChI=1S/C17H27N5O2S/c1-13(2)19-16(24)22-6-5-21(9-14-18-4-7-25-14)11-17(12-22)8-15(23)20(3)10-17/h4,7,13H,5-6,8-12H2,1-3H3,(H,19,24). The minimum absolute atomic E-state index is 0.0347. The van der Waals surface area contributed by atoms with Crippen molar-refractivity contribution < 1.29 is 9.59 Å². The zero-order valence-corrected chi connectivity index (χ0v) is 16.0. The number of aromatic nitrogens is 1. The average molecular weight is 366 g/mol. The molecule has 0 bridgehead atoms. The fraction of sp³-hybridized carbons (Fsp3) is 0.706. The van der Waals surface area contributed by atoms with Gasteiger partial charge in [-0.25, -0.2) is 9.78 Å². The van der Waals surface area contributed by atoms with Gasteiger partial charge in [0, 0.05) is 69.2 Å². The second-order valence-corrected chi connectivity index (χ2v) is 8.57. The Morgan fingerprint density at radius 2 is 2.16 bits per heavy atom. The van der Waals surface area contributed by atoms with Gasteiger partial charge in [-0.1, -0.05) is 0 Å². The molecule has 25 heavy (non-hydrogen) atoms. The second kappa shape index (κ2) is 7.29. The summed E-state index contributed by atoms with van der Waals surface area (Å²) in [5.41, 5.74) is -0.200. The number of amides is 3. The summed E-state index contributed by atoms with van der Waals surface area (Å²) in [6.07, 6.45) is 2.33. The highest BCUT2D eigenvalue weighted by atomic mass is 32.1. The maximum atomic E-state index is 12.6. The van der Waals surface area contributed by atoms with E-state index in [1.54, 1.807) is 16.2 Å². The van der Waals surface area contributed by atoms with Crippen molar-refractivity contribution in [3.63, 3.8) is 0 Å². The van der Waals surface area contributed by atoms with E-state index in [0.717, 1.165) is 24.6 Å². The molecule has 3 amide bonds. The molecule has 1 N–H and O–H groups in total. The number of hydrogen-bond donors (Lipinski definition) is 1. The predicted molar refractivity (Wildman–Crippen MR) is 97.3 cm³/mol. The number of urea groups is 1. The topological polar surface area (TPSA) is 68.8 Å². The van der Waals surface area contributed by atoms with E-state index in [1.165, 1.54) is 0 Å². The van der Waals surface area contributed by atoms with Crippen molar-refractivity contribution in [2.45, 2.75) is 32.9 Å². The third kappa shape index (κ3) is 4.30. The molecule has 0 aliphatic carbocycles. The number of nitrogens with one attached hydrogen (secondary N) is 1. The van der Waals surface area contributed by atoms with Crippen LogP contribution in [0, 0.1) is 5.41 Å². The molecule has 138 valence electrons. The maximum absolute atomic E-state index is 12.6. The molecule has 2 aliphatic heterocycles. The molecule has 8 heteroatoms. The van der Waals surface area contributed by atoms with Gasteiger partial charge in [0.2, 0.25) is 5.91 Å². The molecule has 7 nitrogen and oxygen atoms in total. The molecule has 3 rings (SSSR count). The van der Waals surface area contributed by atoms with Gasteiger partial charge in [-0.3, -0.25) is 9.69 Å². The van der Waals surface area contributed by atoms with Gasteiger partial charge < -0.3 is 15.1 Å². The minimum Gasteiger partial charge on any atom is -0.345 e. The molecule has 0 radical (unpaired) electrons. The van der Waals surface area contributed by atoms with Crippen LogP contribution in [0.5, 0.6) is 0 Å². The summed E-state index contributed by atoms with van der Waals surface area (Å²) in [5.74, 6) is 0.167. The molecule has 0 saturated carbocycles. The summed E-state index contributed by atoms with van der Waals surface area (Å²) in [7, 11) is 1.85. The Labute approximate surface area is 153 Å². The van der Waals surface area contributed by atoms with Crippen molar-refractivity contribution in [3.8, 4) is 0 Å². The molecule has 2 saturated heterocycles. The smallest absolute Gasteiger partial charge is 0.317 e. The van der Waals surface area contributed by atoms with Gasteiger partial charge in [-0.2, -0.15) is 0 Å². The first kappa shape index (κ1) is 18.1. The van der Waals surface area contributed by atoms with Crippen LogP contribution >= 0.6 is 11.3 Å². The number of rotatable bonds is 3. The molecule has 0 aromatic carbocycles. The van der Waals surface area contributed by atoms with E-state index in [2.05, 4.69) is 15.2 Å². The number of nitrogens with zero attached hydrogens (tertiary/aromatic N) is 4. The first-order valence-electron chi connectivity index (χ1n) is 8.77. The van der Waals surface area contributed by atoms with Crippen LogP contribution in [0.1, 0.15) is 25.3 Å². The van der Waals surface area contributed by atoms with Crippen molar-refractivity contribution in [1.29, 1.82) is 0 Å². The second-order valence-electron chi connectivity index (χ2n) is 7.59. The molecule has 3 heterocycles. The van der Waals surface area contributed by atoms with E-state index in [4.69, 9.17) is 0 Å².